The predicted molar refractivity (Wildman–Crippen MR) is 187 cm³/mol. The average molecular weight is 578 g/mol. The van der Waals surface area contributed by atoms with Gasteiger partial charge in [-0.1, -0.05) is 121 Å². The summed E-state index contributed by atoms with van der Waals surface area (Å²) in [7, 11) is 0. The highest BCUT2D eigenvalue weighted by Gasteiger charge is 2.24. The molecule has 0 saturated heterocycles. The summed E-state index contributed by atoms with van der Waals surface area (Å²) >= 11 is 1.88. The van der Waals surface area contributed by atoms with Crippen LogP contribution in [0.5, 0.6) is 0 Å². The SMILES string of the molecule is c1ccc(-c2nc(-n3c4ccc5c6ccccc6sc5c4c4c5ccccc5c5ccccc5c43)nc3ccccc23)cc1. The summed E-state index contributed by atoms with van der Waals surface area (Å²) in [5.41, 5.74) is 5.22. The van der Waals surface area contributed by atoms with E-state index in [-0.39, 0.29) is 0 Å². The fourth-order valence-corrected chi connectivity index (χ4v) is 8.37. The summed E-state index contributed by atoms with van der Waals surface area (Å²) in [5.74, 6) is 0.684. The van der Waals surface area contributed by atoms with Gasteiger partial charge >= 0.3 is 0 Å². The number of rotatable bonds is 2. The number of hydrogen-bond donors (Lipinski definition) is 0. The number of nitrogens with zero attached hydrogens (tertiary/aromatic N) is 3. The van der Waals surface area contributed by atoms with Crippen LogP contribution in [0.3, 0.4) is 0 Å². The van der Waals surface area contributed by atoms with Gasteiger partial charge in [0.15, 0.2) is 0 Å². The normalized spacial score (nSPS) is 12.1. The summed E-state index contributed by atoms with van der Waals surface area (Å²) < 4.78 is 4.92. The molecule has 0 aliphatic carbocycles. The first-order valence-electron chi connectivity index (χ1n) is 14.9. The minimum absolute atomic E-state index is 0.684. The van der Waals surface area contributed by atoms with Crippen molar-refractivity contribution in [2.75, 3.05) is 0 Å². The van der Waals surface area contributed by atoms with Crippen LogP contribution in [0, 0.1) is 0 Å². The largest absolute Gasteiger partial charge is 0.277 e. The number of benzene rings is 7. The summed E-state index contributed by atoms with van der Waals surface area (Å²) in [4.78, 5) is 10.6. The molecule has 0 amide bonds. The van der Waals surface area contributed by atoms with Crippen molar-refractivity contribution in [3.63, 3.8) is 0 Å². The molecular formula is C40H23N3S. The van der Waals surface area contributed by atoms with Crippen molar-refractivity contribution in [2.45, 2.75) is 0 Å². The third-order valence-corrected chi connectivity index (χ3v) is 10.2. The van der Waals surface area contributed by atoms with Crippen LogP contribution < -0.4 is 0 Å². The molecule has 0 atom stereocenters. The van der Waals surface area contributed by atoms with Gasteiger partial charge in [0.05, 0.1) is 22.2 Å². The Morgan fingerprint density at radius 3 is 1.91 bits per heavy atom. The highest BCUT2D eigenvalue weighted by atomic mass is 32.1. The van der Waals surface area contributed by atoms with Crippen LogP contribution in [0.2, 0.25) is 0 Å². The minimum Gasteiger partial charge on any atom is -0.277 e. The summed E-state index contributed by atoms with van der Waals surface area (Å²) in [6, 6.07) is 49.7. The predicted octanol–water partition coefficient (Wildman–Crippen LogP) is 11.1. The van der Waals surface area contributed by atoms with Crippen molar-refractivity contribution in [1.82, 2.24) is 14.5 Å². The molecule has 0 saturated carbocycles. The lowest BCUT2D eigenvalue weighted by molar-refractivity contribution is 1.02. The van der Waals surface area contributed by atoms with Crippen LogP contribution >= 0.6 is 11.3 Å². The van der Waals surface area contributed by atoms with Crippen LogP contribution in [0.25, 0.3) is 91.6 Å². The Morgan fingerprint density at radius 2 is 1.09 bits per heavy atom. The van der Waals surface area contributed by atoms with Crippen LogP contribution in [0.4, 0.5) is 0 Å². The monoisotopic (exact) mass is 577 g/mol. The topological polar surface area (TPSA) is 30.7 Å². The summed E-state index contributed by atoms with van der Waals surface area (Å²) in [5, 5.41) is 11.1. The zero-order valence-corrected chi connectivity index (χ0v) is 24.3. The number of aromatic nitrogens is 3. The van der Waals surface area contributed by atoms with Gasteiger partial charge in [-0.05, 0) is 34.4 Å². The molecule has 0 fully saturated rings. The van der Waals surface area contributed by atoms with Gasteiger partial charge in [0.2, 0.25) is 5.95 Å². The van der Waals surface area contributed by atoms with Crippen LogP contribution in [-0.2, 0) is 0 Å². The van der Waals surface area contributed by atoms with E-state index in [1.54, 1.807) is 0 Å². The molecule has 0 unspecified atom stereocenters. The van der Waals surface area contributed by atoms with Crippen molar-refractivity contribution in [1.29, 1.82) is 0 Å². The molecule has 44 heavy (non-hydrogen) atoms. The van der Waals surface area contributed by atoms with Gasteiger partial charge in [-0.15, -0.1) is 11.3 Å². The van der Waals surface area contributed by atoms with Crippen molar-refractivity contribution >= 4 is 85.8 Å². The summed E-state index contributed by atoms with van der Waals surface area (Å²) in [6.07, 6.45) is 0. The Balaban J connectivity index is 1.48. The Hall–Kier alpha value is -5.58. The molecule has 4 heteroatoms. The second-order valence-corrected chi connectivity index (χ2v) is 12.4. The van der Waals surface area contributed by atoms with Gasteiger partial charge in [-0.3, -0.25) is 4.57 Å². The Labute approximate surface area is 256 Å². The van der Waals surface area contributed by atoms with E-state index in [2.05, 4.69) is 138 Å². The molecule has 0 radical (unpaired) electrons. The van der Waals surface area contributed by atoms with E-state index in [9.17, 15) is 0 Å². The molecule has 3 aromatic heterocycles. The molecule has 0 aliphatic heterocycles. The number of thiophene rings is 1. The molecule has 0 N–H and O–H groups in total. The average Bonchev–Trinajstić information content (AvgIpc) is 3.65. The second kappa shape index (κ2) is 8.96. The smallest absolute Gasteiger partial charge is 0.235 e. The maximum Gasteiger partial charge on any atom is 0.235 e. The number of para-hydroxylation sites is 1. The van der Waals surface area contributed by atoms with E-state index >= 15 is 0 Å². The Bertz CT molecular complexity index is 2770. The lowest BCUT2D eigenvalue weighted by Gasteiger charge is -2.13. The maximum absolute atomic E-state index is 5.38. The highest BCUT2D eigenvalue weighted by molar-refractivity contribution is 7.26. The van der Waals surface area contributed by atoms with Gasteiger partial charge in [0.25, 0.3) is 0 Å². The van der Waals surface area contributed by atoms with Crippen molar-refractivity contribution < 1.29 is 0 Å². The van der Waals surface area contributed by atoms with E-state index in [1.807, 2.05) is 17.4 Å². The van der Waals surface area contributed by atoms with Gasteiger partial charge in [-0.25, -0.2) is 9.97 Å². The molecule has 0 spiro atoms. The number of fused-ring (bicyclic) bond motifs is 13. The highest BCUT2D eigenvalue weighted by Crippen LogP contribution is 2.47. The van der Waals surface area contributed by atoms with Gasteiger partial charge in [0.1, 0.15) is 0 Å². The molecule has 3 heterocycles. The standard InChI is InChI=1S/C40H23N3S/c1-2-12-24(13-3-1)37-31-19-8-10-20-32(31)41-40(42-37)43-33-23-22-30-27-16-9-11-21-34(27)44-39(30)36(33)35-28-17-6-4-14-25(28)26-15-5-7-18-29(26)38(35)43/h1-23H. The van der Waals surface area contributed by atoms with E-state index in [0.717, 1.165) is 33.2 Å². The van der Waals surface area contributed by atoms with E-state index in [4.69, 9.17) is 9.97 Å². The number of hydrogen-bond acceptors (Lipinski definition) is 3. The van der Waals surface area contributed by atoms with E-state index in [1.165, 1.54) is 52.5 Å². The van der Waals surface area contributed by atoms with Crippen molar-refractivity contribution in [2.24, 2.45) is 0 Å². The molecule has 0 bridgehead atoms. The third-order valence-electron chi connectivity index (χ3n) is 8.98. The quantitative estimate of drug-likeness (QED) is 0.191. The van der Waals surface area contributed by atoms with Crippen LogP contribution in [0.15, 0.2) is 140 Å². The molecule has 3 nitrogen and oxygen atoms in total. The Morgan fingerprint density at radius 1 is 0.455 bits per heavy atom. The second-order valence-electron chi connectivity index (χ2n) is 11.3. The molecule has 10 rings (SSSR count). The van der Waals surface area contributed by atoms with Crippen molar-refractivity contribution in [3.8, 4) is 17.2 Å². The fraction of sp³-hybridized carbons (Fsp3) is 0. The van der Waals surface area contributed by atoms with Gasteiger partial charge < -0.3 is 0 Å². The van der Waals surface area contributed by atoms with Gasteiger partial charge in [-0.2, -0.15) is 0 Å². The van der Waals surface area contributed by atoms with Gasteiger partial charge in [0, 0.05) is 47.3 Å². The van der Waals surface area contributed by atoms with Crippen molar-refractivity contribution in [3.05, 3.63) is 140 Å². The first-order valence-corrected chi connectivity index (χ1v) is 15.7. The van der Waals surface area contributed by atoms with E-state index in [0.29, 0.717) is 5.95 Å². The van der Waals surface area contributed by atoms with Crippen LogP contribution in [-0.4, -0.2) is 14.5 Å². The minimum atomic E-state index is 0.684. The lowest BCUT2D eigenvalue weighted by atomic mass is 9.96. The maximum atomic E-state index is 5.38. The zero-order chi connectivity index (χ0) is 28.8. The first-order chi connectivity index (χ1) is 21.8. The summed E-state index contributed by atoms with van der Waals surface area (Å²) in [6.45, 7) is 0. The third kappa shape index (κ3) is 3.20. The molecule has 0 aliphatic rings. The van der Waals surface area contributed by atoms with Crippen LogP contribution in [0.1, 0.15) is 0 Å². The van der Waals surface area contributed by atoms with E-state index < -0.39 is 0 Å². The molecule has 7 aromatic carbocycles. The molecular weight excluding hydrogens is 555 g/mol. The lowest BCUT2D eigenvalue weighted by Crippen LogP contribution is -2.03. The Kier molecular flexibility index (Phi) is 4.87. The fourth-order valence-electron chi connectivity index (χ4n) is 7.12. The first kappa shape index (κ1) is 23.9. The molecule has 10 aromatic rings. The molecule has 204 valence electrons. The zero-order valence-electron chi connectivity index (χ0n) is 23.5.